The zero-order chi connectivity index (χ0) is 22.9. The fourth-order valence-corrected chi connectivity index (χ4v) is 4.91. The number of carbonyl (C=O) groups is 1. The minimum atomic E-state index is -0.239. The van der Waals surface area contributed by atoms with Gasteiger partial charge in [-0.05, 0) is 69.9 Å². The largest absolute Gasteiger partial charge is 0.353 e. The van der Waals surface area contributed by atoms with Gasteiger partial charge in [-0.2, -0.15) is 4.37 Å². The number of halogens is 1. The summed E-state index contributed by atoms with van der Waals surface area (Å²) in [5.41, 5.74) is 0.988. The van der Waals surface area contributed by atoms with Gasteiger partial charge < -0.3 is 15.1 Å². The van der Waals surface area contributed by atoms with Crippen LogP contribution >= 0.6 is 11.5 Å². The molecular formula is C24H36FN5OS. The van der Waals surface area contributed by atoms with Gasteiger partial charge in [-0.15, -0.1) is 0 Å². The van der Waals surface area contributed by atoms with E-state index in [0.717, 1.165) is 68.4 Å². The molecule has 8 heteroatoms. The number of rotatable bonds is 11. The third-order valence-electron chi connectivity index (χ3n) is 6.19. The second-order valence-electron chi connectivity index (χ2n) is 8.66. The summed E-state index contributed by atoms with van der Waals surface area (Å²) in [4.78, 5) is 22.1. The first-order valence-electron chi connectivity index (χ1n) is 11.8. The highest BCUT2D eigenvalue weighted by Gasteiger charge is 2.28. The van der Waals surface area contributed by atoms with Crippen molar-refractivity contribution in [3.05, 3.63) is 41.5 Å². The van der Waals surface area contributed by atoms with E-state index in [-0.39, 0.29) is 23.7 Å². The maximum absolute atomic E-state index is 13.1. The van der Waals surface area contributed by atoms with Gasteiger partial charge in [0.25, 0.3) is 0 Å². The summed E-state index contributed by atoms with van der Waals surface area (Å²) in [6, 6.07) is 6.64. The van der Waals surface area contributed by atoms with Gasteiger partial charge in [0.2, 0.25) is 11.0 Å². The van der Waals surface area contributed by atoms with Crippen molar-refractivity contribution >= 4 is 22.6 Å². The summed E-state index contributed by atoms with van der Waals surface area (Å²) in [5.74, 6) is 0.640. The Kier molecular flexibility index (Phi) is 9.41. The predicted molar refractivity (Wildman–Crippen MR) is 129 cm³/mol. The topological polar surface area (TPSA) is 61.4 Å². The fraction of sp³-hybridized carbons (Fsp3) is 0.625. The van der Waals surface area contributed by atoms with Crippen molar-refractivity contribution in [1.82, 2.24) is 19.6 Å². The van der Waals surface area contributed by atoms with Crippen LogP contribution in [-0.2, 0) is 11.2 Å². The summed E-state index contributed by atoms with van der Waals surface area (Å²) in [6.45, 7) is 11.3. The van der Waals surface area contributed by atoms with Crippen molar-refractivity contribution in [2.45, 2.75) is 58.9 Å². The summed E-state index contributed by atoms with van der Waals surface area (Å²) in [5, 5.41) is 4.09. The number of hydrogen-bond acceptors (Lipinski definition) is 6. The molecule has 1 saturated heterocycles. The van der Waals surface area contributed by atoms with Crippen molar-refractivity contribution in [3.63, 3.8) is 0 Å². The highest BCUT2D eigenvalue weighted by Crippen LogP contribution is 2.25. The van der Waals surface area contributed by atoms with E-state index in [1.54, 1.807) is 12.1 Å². The molecule has 1 aliphatic heterocycles. The second-order valence-corrected chi connectivity index (χ2v) is 9.39. The van der Waals surface area contributed by atoms with E-state index >= 15 is 0 Å². The molecule has 1 N–H and O–H groups in total. The lowest BCUT2D eigenvalue weighted by molar-refractivity contribution is -0.125. The molecule has 2 unspecified atom stereocenters. The maximum Gasteiger partial charge on any atom is 0.225 e. The van der Waals surface area contributed by atoms with Crippen LogP contribution in [0.25, 0.3) is 0 Å². The van der Waals surface area contributed by atoms with Crippen molar-refractivity contribution in [3.8, 4) is 0 Å². The van der Waals surface area contributed by atoms with Crippen LogP contribution in [0.5, 0.6) is 0 Å². The van der Waals surface area contributed by atoms with Crippen LogP contribution in [-0.4, -0.2) is 58.9 Å². The Morgan fingerprint density at radius 3 is 2.78 bits per heavy atom. The van der Waals surface area contributed by atoms with Crippen LogP contribution in [0, 0.1) is 11.7 Å². The zero-order valence-electron chi connectivity index (χ0n) is 19.5. The molecular weight excluding hydrogens is 425 g/mol. The van der Waals surface area contributed by atoms with Gasteiger partial charge in [0.05, 0.1) is 5.92 Å². The number of anilines is 1. The average molecular weight is 462 g/mol. The number of carbonyl (C=O) groups excluding carboxylic acids is 1. The minimum absolute atomic E-state index is 0.0153. The number of hydrogen-bond donors (Lipinski definition) is 1. The monoisotopic (exact) mass is 461 g/mol. The number of benzene rings is 1. The maximum atomic E-state index is 13.1. The van der Waals surface area contributed by atoms with E-state index in [1.807, 2.05) is 0 Å². The minimum Gasteiger partial charge on any atom is -0.353 e. The normalized spacial score (nSPS) is 17.5. The summed E-state index contributed by atoms with van der Waals surface area (Å²) < 4.78 is 17.6. The van der Waals surface area contributed by atoms with E-state index in [0.29, 0.717) is 13.0 Å². The van der Waals surface area contributed by atoms with Crippen LogP contribution in [0.15, 0.2) is 24.3 Å². The van der Waals surface area contributed by atoms with Gasteiger partial charge in [0.15, 0.2) is 0 Å². The van der Waals surface area contributed by atoms with Crippen LogP contribution in [0.4, 0.5) is 9.52 Å². The molecule has 2 atom stereocenters. The first kappa shape index (κ1) is 24.6. The zero-order valence-corrected chi connectivity index (χ0v) is 20.3. The third-order valence-corrected chi connectivity index (χ3v) is 7.00. The molecule has 1 aliphatic rings. The SMILES string of the molecule is CCN(CC)CCCC(C)NC(=O)C1CCCN(c2nc(Cc3ccc(F)cc3)ns2)C1. The second kappa shape index (κ2) is 12.3. The Morgan fingerprint density at radius 1 is 1.31 bits per heavy atom. The third kappa shape index (κ3) is 7.24. The van der Waals surface area contributed by atoms with Crippen molar-refractivity contribution < 1.29 is 9.18 Å². The first-order chi connectivity index (χ1) is 15.5. The Morgan fingerprint density at radius 2 is 2.06 bits per heavy atom. The highest BCUT2D eigenvalue weighted by molar-refractivity contribution is 7.09. The van der Waals surface area contributed by atoms with Gasteiger partial charge >= 0.3 is 0 Å². The van der Waals surface area contributed by atoms with Crippen molar-refractivity contribution in [2.75, 3.05) is 37.6 Å². The number of amides is 1. The summed E-state index contributed by atoms with van der Waals surface area (Å²) in [6.07, 6.45) is 4.57. The summed E-state index contributed by atoms with van der Waals surface area (Å²) >= 11 is 1.38. The van der Waals surface area contributed by atoms with Gasteiger partial charge in [-0.25, -0.2) is 9.37 Å². The van der Waals surface area contributed by atoms with Crippen LogP contribution in [0.2, 0.25) is 0 Å². The van der Waals surface area contributed by atoms with E-state index in [2.05, 4.69) is 45.2 Å². The quantitative estimate of drug-likeness (QED) is 0.546. The fourth-order valence-electron chi connectivity index (χ4n) is 4.19. The lowest BCUT2D eigenvalue weighted by Crippen LogP contribution is -2.45. The number of aromatic nitrogens is 2. The van der Waals surface area contributed by atoms with E-state index in [9.17, 15) is 9.18 Å². The molecule has 3 rings (SSSR count). The van der Waals surface area contributed by atoms with Crippen LogP contribution < -0.4 is 10.2 Å². The first-order valence-corrected chi connectivity index (χ1v) is 12.6. The Hall–Kier alpha value is -2.06. The van der Waals surface area contributed by atoms with Gasteiger partial charge in [-0.1, -0.05) is 26.0 Å². The Bertz CT molecular complexity index is 839. The van der Waals surface area contributed by atoms with Crippen molar-refractivity contribution in [2.24, 2.45) is 5.92 Å². The van der Waals surface area contributed by atoms with Gasteiger partial charge in [0.1, 0.15) is 11.6 Å². The Balaban J connectivity index is 1.47. The molecule has 0 radical (unpaired) electrons. The lowest BCUT2D eigenvalue weighted by atomic mass is 9.97. The lowest BCUT2D eigenvalue weighted by Gasteiger charge is -2.32. The average Bonchev–Trinajstić information content (AvgIpc) is 3.27. The molecule has 176 valence electrons. The molecule has 1 amide bonds. The Labute approximate surface area is 195 Å². The van der Waals surface area contributed by atoms with E-state index in [1.165, 1.54) is 23.7 Å². The van der Waals surface area contributed by atoms with E-state index in [4.69, 9.17) is 0 Å². The molecule has 0 saturated carbocycles. The van der Waals surface area contributed by atoms with Gasteiger partial charge in [0, 0.05) is 37.1 Å². The summed E-state index contributed by atoms with van der Waals surface area (Å²) in [7, 11) is 0. The molecule has 0 aliphatic carbocycles. The molecule has 0 spiro atoms. The molecule has 6 nitrogen and oxygen atoms in total. The van der Waals surface area contributed by atoms with Gasteiger partial charge in [-0.3, -0.25) is 4.79 Å². The molecule has 1 fully saturated rings. The van der Waals surface area contributed by atoms with E-state index < -0.39 is 0 Å². The molecule has 1 aromatic heterocycles. The van der Waals surface area contributed by atoms with Crippen LogP contribution in [0.1, 0.15) is 57.8 Å². The predicted octanol–water partition coefficient (Wildman–Crippen LogP) is 4.11. The molecule has 2 aromatic rings. The smallest absolute Gasteiger partial charge is 0.225 e. The molecule has 2 heterocycles. The standard InChI is InChI=1S/C24H36FN5OS/c1-4-29(5-2)14-6-8-18(3)26-23(31)20-9-7-15-30(17-20)24-27-22(28-32-24)16-19-10-12-21(25)13-11-19/h10-13,18,20H,4-9,14-17H2,1-3H3,(H,26,31). The molecule has 32 heavy (non-hydrogen) atoms. The van der Waals surface area contributed by atoms with Crippen molar-refractivity contribution in [1.29, 1.82) is 0 Å². The number of piperidine rings is 1. The molecule has 1 aromatic carbocycles. The number of nitrogens with zero attached hydrogens (tertiary/aromatic N) is 4. The highest BCUT2D eigenvalue weighted by atomic mass is 32.1. The van der Waals surface area contributed by atoms with Crippen LogP contribution in [0.3, 0.4) is 0 Å². The number of nitrogens with one attached hydrogen (secondary N) is 1. The molecule has 0 bridgehead atoms.